The molecule has 1 aliphatic heterocycles. The second-order valence-corrected chi connectivity index (χ2v) is 16.2. The number of nitrogens with zero attached hydrogens (tertiary/aromatic N) is 1. The van der Waals surface area contributed by atoms with Gasteiger partial charge in [-0.2, -0.15) is 0 Å². The Morgan fingerprint density at radius 1 is 0.844 bits per heavy atom. The molecule has 0 aromatic heterocycles. The summed E-state index contributed by atoms with van der Waals surface area (Å²) in [6.07, 6.45) is 8.43. The quantitative estimate of drug-likeness (QED) is 0.289. The summed E-state index contributed by atoms with van der Waals surface area (Å²) in [5.41, 5.74) is 5.53. The van der Waals surface area contributed by atoms with E-state index in [9.17, 15) is 9.59 Å². The van der Waals surface area contributed by atoms with Gasteiger partial charge in [-0.3, -0.25) is 9.59 Å². The van der Waals surface area contributed by atoms with E-state index in [1.54, 1.807) is 0 Å². The van der Waals surface area contributed by atoms with Crippen LogP contribution >= 0.6 is 27.5 Å². The first-order valence-electron chi connectivity index (χ1n) is 16.5. The Bertz CT molecular complexity index is 1510. The number of Topliss-reactive ketones (excluding diaryl/α,β-unsaturated/α-hetero) is 2. The molecule has 0 unspecified atom stereocenters. The fourth-order valence-electron chi connectivity index (χ4n) is 8.00. The van der Waals surface area contributed by atoms with Crippen LogP contribution in [0.4, 0.5) is 0 Å². The average molecular weight is 695 g/mol. The maximum absolute atomic E-state index is 14.3. The first-order valence-corrected chi connectivity index (χ1v) is 17.7. The Kier molecular flexibility index (Phi) is 9.04. The number of carbonyl (C=O) groups excluding carboxylic acids is 2. The highest BCUT2D eigenvalue weighted by molar-refractivity contribution is 9.10. The van der Waals surface area contributed by atoms with E-state index in [2.05, 4.69) is 48.5 Å². The van der Waals surface area contributed by atoms with Crippen LogP contribution in [-0.4, -0.2) is 29.1 Å². The summed E-state index contributed by atoms with van der Waals surface area (Å²) in [6, 6.07) is 12.0. The average Bonchev–Trinajstić information content (AvgIpc) is 2.96. The van der Waals surface area contributed by atoms with Crippen molar-refractivity contribution < 1.29 is 19.1 Å². The van der Waals surface area contributed by atoms with E-state index in [1.165, 1.54) is 19.3 Å². The van der Waals surface area contributed by atoms with Crippen molar-refractivity contribution in [1.29, 1.82) is 0 Å². The Labute approximate surface area is 281 Å². The Morgan fingerprint density at radius 3 is 1.98 bits per heavy atom. The minimum absolute atomic E-state index is 0.143. The Balaban J connectivity index is 1.51. The van der Waals surface area contributed by atoms with E-state index in [0.717, 1.165) is 63.8 Å². The molecule has 0 N–H and O–H groups in total. The van der Waals surface area contributed by atoms with E-state index in [-0.39, 0.29) is 22.4 Å². The molecular formula is C38H45BrClNO4. The zero-order valence-electron chi connectivity index (χ0n) is 27.2. The third-order valence-corrected chi connectivity index (χ3v) is 10.7. The summed E-state index contributed by atoms with van der Waals surface area (Å²) in [5.74, 6) is 1.09. The number of hydrogen-bond acceptors (Lipinski definition) is 5. The molecule has 0 spiro atoms. The molecule has 0 atom stereocenters. The summed E-state index contributed by atoms with van der Waals surface area (Å²) >= 11 is 9.89. The van der Waals surface area contributed by atoms with E-state index in [4.69, 9.17) is 21.1 Å². The lowest BCUT2D eigenvalue weighted by Crippen LogP contribution is -2.48. The van der Waals surface area contributed by atoms with Crippen LogP contribution in [0.3, 0.4) is 0 Å². The van der Waals surface area contributed by atoms with Gasteiger partial charge in [-0.1, -0.05) is 70.7 Å². The van der Waals surface area contributed by atoms with Crippen LogP contribution in [0, 0.1) is 10.8 Å². The van der Waals surface area contributed by atoms with Crippen molar-refractivity contribution in [3.05, 3.63) is 79.6 Å². The van der Waals surface area contributed by atoms with E-state index in [1.807, 2.05) is 43.3 Å². The van der Waals surface area contributed by atoms with E-state index in [0.29, 0.717) is 48.6 Å². The van der Waals surface area contributed by atoms with Gasteiger partial charge in [0.1, 0.15) is 6.61 Å². The monoisotopic (exact) mass is 693 g/mol. The third-order valence-electron chi connectivity index (χ3n) is 9.85. The van der Waals surface area contributed by atoms with Gasteiger partial charge in [0.25, 0.3) is 0 Å². The van der Waals surface area contributed by atoms with E-state index < -0.39 is 5.92 Å². The summed E-state index contributed by atoms with van der Waals surface area (Å²) in [7, 11) is 0. The molecule has 6 rings (SSSR count). The summed E-state index contributed by atoms with van der Waals surface area (Å²) in [5, 5.41) is 0.678. The van der Waals surface area contributed by atoms with Gasteiger partial charge in [0.15, 0.2) is 23.1 Å². The van der Waals surface area contributed by atoms with Gasteiger partial charge in [-0.15, -0.1) is 0 Å². The van der Waals surface area contributed by atoms with Crippen LogP contribution < -0.4 is 9.47 Å². The molecule has 240 valence electrons. The SMILES string of the molecule is CCOc1cc(C2C3=C(CC(C)(C)CC3=O)N(C3CCCCC3)C3=C2C(=O)CC(C)(C)C3)cc(Br)c1OCc1ccc(Cl)cc1. The maximum Gasteiger partial charge on any atom is 0.175 e. The summed E-state index contributed by atoms with van der Waals surface area (Å²) in [6.45, 7) is 11.6. The van der Waals surface area contributed by atoms with Crippen LogP contribution in [0.1, 0.15) is 109 Å². The largest absolute Gasteiger partial charge is 0.490 e. The van der Waals surface area contributed by atoms with Crippen LogP contribution in [0.5, 0.6) is 11.5 Å². The molecule has 1 heterocycles. The van der Waals surface area contributed by atoms with Gasteiger partial charge < -0.3 is 14.4 Å². The van der Waals surface area contributed by atoms with Crippen molar-refractivity contribution in [2.75, 3.05) is 6.61 Å². The first-order chi connectivity index (χ1) is 21.4. The first kappa shape index (κ1) is 32.4. The zero-order valence-corrected chi connectivity index (χ0v) is 29.6. The molecule has 0 radical (unpaired) electrons. The fourth-order valence-corrected chi connectivity index (χ4v) is 8.70. The molecule has 5 nitrogen and oxygen atoms in total. The number of rotatable bonds is 7. The summed E-state index contributed by atoms with van der Waals surface area (Å²) in [4.78, 5) is 31.1. The topological polar surface area (TPSA) is 55.8 Å². The lowest BCUT2D eigenvalue weighted by atomic mass is 9.63. The second kappa shape index (κ2) is 12.6. The predicted octanol–water partition coefficient (Wildman–Crippen LogP) is 10.1. The zero-order chi connectivity index (χ0) is 32.1. The third kappa shape index (κ3) is 6.52. The van der Waals surface area contributed by atoms with Crippen molar-refractivity contribution in [2.24, 2.45) is 10.8 Å². The Morgan fingerprint density at radius 2 is 1.42 bits per heavy atom. The molecule has 7 heteroatoms. The lowest BCUT2D eigenvalue weighted by molar-refractivity contribution is -0.119. The number of ether oxygens (including phenoxy) is 2. The molecule has 1 saturated carbocycles. The highest BCUT2D eigenvalue weighted by Crippen LogP contribution is 2.56. The molecule has 0 bridgehead atoms. The molecule has 2 aromatic rings. The molecule has 2 aromatic carbocycles. The standard InChI is InChI=1S/C38H45BrClNO4/c1-6-44-32-17-24(16-27(39)36(32)45-22-23-12-14-25(40)15-13-23)33-34-28(18-37(2,3)20-30(34)42)41(26-10-8-7-9-11-26)29-19-38(4,5)21-31(43)35(29)33/h12-17,26,33H,6-11,18-22H2,1-5H3. The van der Waals surface area contributed by atoms with Crippen LogP contribution in [-0.2, 0) is 16.2 Å². The smallest absolute Gasteiger partial charge is 0.175 e. The number of carbonyl (C=O) groups is 2. The lowest BCUT2D eigenvalue weighted by Gasteiger charge is -2.52. The minimum atomic E-state index is -0.428. The number of allylic oxidation sites excluding steroid dienone is 4. The molecule has 0 amide bonds. The van der Waals surface area contributed by atoms with Gasteiger partial charge in [-0.25, -0.2) is 0 Å². The number of hydrogen-bond donors (Lipinski definition) is 0. The fraction of sp³-hybridized carbons (Fsp3) is 0.526. The minimum Gasteiger partial charge on any atom is -0.490 e. The van der Waals surface area contributed by atoms with Crippen LogP contribution in [0.15, 0.2) is 63.4 Å². The van der Waals surface area contributed by atoms with Gasteiger partial charge >= 0.3 is 0 Å². The molecule has 0 saturated heterocycles. The highest BCUT2D eigenvalue weighted by atomic mass is 79.9. The molecule has 1 fully saturated rings. The maximum atomic E-state index is 14.3. The molecule has 3 aliphatic carbocycles. The van der Waals surface area contributed by atoms with Crippen LogP contribution in [0.25, 0.3) is 0 Å². The van der Waals surface area contributed by atoms with Crippen LogP contribution in [0.2, 0.25) is 5.02 Å². The van der Waals surface area contributed by atoms with Gasteiger partial charge in [0.2, 0.25) is 0 Å². The predicted molar refractivity (Wildman–Crippen MR) is 183 cm³/mol. The molecular weight excluding hydrogens is 650 g/mol. The van der Waals surface area contributed by atoms with E-state index >= 15 is 0 Å². The number of benzene rings is 2. The molecule has 4 aliphatic rings. The van der Waals surface area contributed by atoms with Gasteiger partial charge in [-0.05, 0) is 94.8 Å². The van der Waals surface area contributed by atoms with Crippen molar-refractivity contribution in [1.82, 2.24) is 4.90 Å². The van der Waals surface area contributed by atoms with Gasteiger partial charge in [0.05, 0.1) is 11.1 Å². The Hall–Kier alpha value is -2.57. The van der Waals surface area contributed by atoms with Gasteiger partial charge in [0, 0.05) is 52.4 Å². The molecule has 45 heavy (non-hydrogen) atoms. The van der Waals surface area contributed by atoms with Crippen molar-refractivity contribution in [3.63, 3.8) is 0 Å². The normalized spacial score (nSPS) is 22.0. The number of halogens is 2. The highest BCUT2D eigenvalue weighted by Gasteiger charge is 2.50. The number of ketones is 2. The van der Waals surface area contributed by atoms with Crippen molar-refractivity contribution in [2.45, 2.75) is 111 Å². The van der Waals surface area contributed by atoms with Crippen molar-refractivity contribution in [3.8, 4) is 11.5 Å². The second-order valence-electron chi connectivity index (χ2n) is 14.9. The summed E-state index contributed by atoms with van der Waals surface area (Å²) < 4.78 is 13.2. The van der Waals surface area contributed by atoms with Crippen molar-refractivity contribution >= 4 is 39.1 Å².